The van der Waals surface area contributed by atoms with E-state index < -0.39 is 18.3 Å². The van der Waals surface area contributed by atoms with Crippen molar-refractivity contribution in [3.8, 4) is 0 Å². The van der Waals surface area contributed by atoms with E-state index in [0.29, 0.717) is 0 Å². The van der Waals surface area contributed by atoms with Crippen molar-refractivity contribution >= 4 is 28.3 Å². The van der Waals surface area contributed by atoms with Gasteiger partial charge in [-0.3, -0.25) is 0 Å². The Hall–Kier alpha value is -0.260. The van der Waals surface area contributed by atoms with E-state index in [4.69, 9.17) is 5.73 Å². The Bertz CT molecular complexity index is 309. The minimum atomic E-state index is -2.76. The van der Waals surface area contributed by atoms with Crippen molar-refractivity contribution in [2.24, 2.45) is 5.73 Å². The predicted octanol–water partition coefficient (Wildman–Crippen LogP) is 3.27. The molecule has 1 aromatic carbocycles. The number of rotatable bonds is 2. The highest BCUT2D eigenvalue weighted by Gasteiger charge is 2.21. The third-order valence-corrected chi connectivity index (χ3v) is 2.22. The maximum Gasteiger partial charge on any atom is 0.257 e. The second kappa shape index (κ2) is 5.58. The van der Waals surface area contributed by atoms with Crippen LogP contribution in [0.3, 0.4) is 0 Å². The van der Waals surface area contributed by atoms with Gasteiger partial charge >= 0.3 is 0 Å². The van der Waals surface area contributed by atoms with E-state index >= 15 is 0 Å². The molecule has 1 nitrogen and oxygen atoms in total. The highest BCUT2D eigenvalue weighted by molar-refractivity contribution is 9.10. The topological polar surface area (TPSA) is 26.0 Å². The van der Waals surface area contributed by atoms with Gasteiger partial charge in [-0.1, -0.05) is 12.1 Å². The highest BCUT2D eigenvalue weighted by Crippen LogP contribution is 2.25. The first-order valence-electron chi connectivity index (χ1n) is 3.51. The second-order valence-electron chi connectivity index (χ2n) is 2.50. The van der Waals surface area contributed by atoms with Crippen molar-refractivity contribution < 1.29 is 13.2 Å². The van der Waals surface area contributed by atoms with Gasteiger partial charge in [0.2, 0.25) is 0 Å². The number of nitrogens with two attached hydrogens (primary N) is 1. The summed E-state index contributed by atoms with van der Waals surface area (Å²) in [5.74, 6) is -0.727. The van der Waals surface area contributed by atoms with E-state index in [1.54, 1.807) is 0 Å². The van der Waals surface area contributed by atoms with E-state index in [9.17, 15) is 13.2 Å². The summed E-state index contributed by atoms with van der Waals surface area (Å²) in [5.41, 5.74) is 4.92. The number of hydrogen-bond acceptors (Lipinski definition) is 1. The third kappa shape index (κ3) is 2.87. The summed E-state index contributed by atoms with van der Waals surface area (Å²) in [6, 6.07) is 2.57. The number of hydrogen-bond donors (Lipinski definition) is 1. The molecule has 0 heterocycles. The first-order chi connectivity index (χ1) is 6.04. The van der Waals surface area contributed by atoms with Crippen molar-refractivity contribution in [1.29, 1.82) is 0 Å². The zero-order valence-electron chi connectivity index (χ0n) is 6.88. The summed E-state index contributed by atoms with van der Waals surface area (Å²) in [6.07, 6.45) is -2.76. The van der Waals surface area contributed by atoms with Gasteiger partial charge in [0.1, 0.15) is 5.82 Å². The Balaban J connectivity index is 0.00000169. The molecule has 0 aliphatic heterocycles. The van der Waals surface area contributed by atoms with Crippen LogP contribution in [-0.4, -0.2) is 6.43 Å². The van der Waals surface area contributed by atoms with Gasteiger partial charge in [0.25, 0.3) is 6.43 Å². The van der Waals surface area contributed by atoms with Crippen molar-refractivity contribution in [3.05, 3.63) is 34.1 Å². The molecule has 80 valence electrons. The van der Waals surface area contributed by atoms with Gasteiger partial charge in [-0.25, -0.2) is 13.2 Å². The molecule has 6 heteroatoms. The monoisotopic (exact) mass is 289 g/mol. The van der Waals surface area contributed by atoms with Crippen LogP contribution in [0, 0.1) is 5.82 Å². The Labute approximate surface area is 94.0 Å². The zero-order valence-corrected chi connectivity index (χ0v) is 9.29. The van der Waals surface area contributed by atoms with E-state index in [0.717, 1.165) is 0 Å². The van der Waals surface area contributed by atoms with Gasteiger partial charge in [0, 0.05) is 5.56 Å². The first kappa shape index (κ1) is 13.7. The molecular formula is C8H8BrClF3N. The normalized spacial score (nSPS) is 12.4. The SMILES string of the molecule is Cl.N[C@H](c1cccc(Br)c1F)C(F)F. The van der Waals surface area contributed by atoms with E-state index in [1.165, 1.54) is 18.2 Å². The highest BCUT2D eigenvalue weighted by atomic mass is 79.9. The molecule has 0 saturated carbocycles. The number of halogens is 5. The van der Waals surface area contributed by atoms with Crippen molar-refractivity contribution in [2.45, 2.75) is 12.5 Å². The lowest BCUT2D eigenvalue weighted by atomic mass is 10.1. The van der Waals surface area contributed by atoms with Crippen LogP contribution in [0.4, 0.5) is 13.2 Å². The largest absolute Gasteiger partial charge is 0.319 e. The van der Waals surface area contributed by atoms with Crippen LogP contribution >= 0.6 is 28.3 Å². The summed E-state index contributed by atoms with van der Waals surface area (Å²) in [7, 11) is 0. The summed E-state index contributed by atoms with van der Waals surface area (Å²) < 4.78 is 37.5. The van der Waals surface area contributed by atoms with Crippen LogP contribution in [0.1, 0.15) is 11.6 Å². The van der Waals surface area contributed by atoms with Crippen LogP contribution in [-0.2, 0) is 0 Å². The van der Waals surface area contributed by atoms with Gasteiger partial charge in [0.05, 0.1) is 10.5 Å². The molecular weight excluding hydrogens is 282 g/mol. The molecule has 1 rings (SSSR count). The molecule has 2 N–H and O–H groups in total. The van der Waals surface area contributed by atoms with Crippen molar-refractivity contribution in [1.82, 2.24) is 0 Å². The maximum atomic E-state index is 13.2. The van der Waals surface area contributed by atoms with Crippen LogP contribution in [0.5, 0.6) is 0 Å². The van der Waals surface area contributed by atoms with E-state index in [2.05, 4.69) is 15.9 Å². The molecule has 0 aliphatic carbocycles. The van der Waals surface area contributed by atoms with Crippen LogP contribution < -0.4 is 5.73 Å². The molecule has 0 aromatic heterocycles. The van der Waals surface area contributed by atoms with Gasteiger partial charge in [-0.05, 0) is 22.0 Å². The Morgan fingerprint density at radius 2 is 1.86 bits per heavy atom. The number of benzene rings is 1. The second-order valence-corrected chi connectivity index (χ2v) is 3.36. The molecule has 1 atom stereocenters. The van der Waals surface area contributed by atoms with Gasteiger partial charge < -0.3 is 5.73 Å². The quantitative estimate of drug-likeness (QED) is 0.889. The summed E-state index contributed by atoms with van der Waals surface area (Å²) >= 11 is 2.89. The van der Waals surface area contributed by atoms with Gasteiger partial charge in [0.15, 0.2) is 0 Å². The zero-order chi connectivity index (χ0) is 10.0. The minimum Gasteiger partial charge on any atom is -0.319 e. The third-order valence-electron chi connectivity index (χ3n) is 1.61. The lowest BCUT2D eigenvalue weighted by Crippen LogP contribution is -2.20. The Morgan fingerprint density at radius 3 is 2.36 bits per heavy atom. The molecule has 0 spiro atoms. The average molecular weight is 291 g/mol. The van der Waals surface area contributed by atoms with Gasteiger partial charge in [-0.15, -0.1) is 12.4 Å². The fourth-order valence-corrected chi connectivity index (χ4v) is 1.30. The lowest BCUT2D eigenvalue weighted by Gasteiger charge is -2.11. The maximum absolute atomic E-state index is 13.2. The number of alkyl halides is 2. The van der Waals surface area contributed by atoms with Crippen LogP contribution in [0.2, 0.25) is 0 Å². The molecule has 1 aromatic rings. The molecule has 0 saturated heterocycles. The molecule has 0 radical (unpaired) electrons. The van der Waals surface area contributed by atoms with Crippen molar-refractivity contribution in [2.75, 3.05) is 0 Å². The lowest BCUT2D eigenvalue weighted by molar-refractivity contribution is 0.114. The smallest absolute Gasteiger partial charge is 0.257 e. The van der Waals surface area contributed by atoms with E-state index in [1.807, 2.05) is 0 Å². The Kier molecular flexibility index (Phi) is 5.48. The molecule has 0 bridgehead atoms. The molecule has 0 aliphatic rings. The molecule has 0 amide bonds. The van der Waals surface area contributed by atoms with Crippen LogP contribution in [0.25, 0.3) is 0 Å². The predicted molar refractivity (Wildman–Crippen MR) is 54.3 cm³/mol. The van der Waals surface area contributed by atoms with Gasteiger partial charge in [-0.2, -0.15) is 0 Å². The minimum absolute atomic E-state index is 0. The van der Waals surface area contributed by atoms with E-state index in [-0.39, 0.29) is 22.4 Å². The average Bonchev–Trinajstić information content (AvgIpc) is 2.08. The molecule has 0 fully saturated rings. The Morgan fingerprint density at radius 1 is 1.29 bits per heavy atom. The summed E-state index contributed by atoms with van der Waals surface area (Å²) in [6.45, 7) is 0. The fraction of sp³-hybridized carbons (Fsp3) is 0.250. The molecule has 0 unspecified atom stereocenters. The molecule has 14 heavy (non-hydrogen) atoms. The van der Waals surface area contributed by atoms with Crippen molar-refractivity contribution in [3.63, 3.8) is 0 Å². The first-order valence-corrected chi connectivity index (χ1v) is 4.31. The standard InChI is InChI=1S/C8H7BrF3N.ClH/c9-5-3-1-2-4(6(5)10)7(13)8(11)12;/h1-3,7-8H,13H2;1H/t7-;/m1./s1. The summed E-state index contributed by atoms with van der Waals surface area (Å²) in [4.78, 5) is 0. The fourth-order valence-electron chi connectivity index (χ4n) is 0.914. The summed E-state index contributed by atoms with van der Waals surface area (Å²) in [5, 5.41) is 0. The van der Waals surface area contributed by atoms with Crippen LogP contribution in [0.15, 0.2) is 22.7 Å².